The summed E-state index contributed by atoms with van der Waals surface area (Å²) in [7, 11) is 0. The third-order valence-electron chi connectivity index (χ3n) is 2.81. The molecule has 0 atom stereocenters. The Morgan fingerprint density at radius 2 is 2.21 bits per heavy atom. The predicted molar refractivity (Wildman–Crippen MR) is 53.7 cm³/mol. The molecule has 0 bridgehead atoms. The van der Waals surface area contributed by atoms with Crippen LogP contribution in [0.15, 0.2) is 17.0 Å². The van der Waals surface area contributed by atoms with E-state index in [-0.39, 0.29) is 12.1 Å². The summed E-state index contributed by atoms with van der Waals surface area (Å²) >= 11 is 0. The summed E-state index contributed by atoms with van der Waals surface area (Å²) in [6.07, 6.45) is 5.11. The van der Waals surface area contributed by atoms with Crippen molar-refractivity contribution >= 4 is 0 Å². The zero-order chi connectivity index (χ0) is 10.4. The van der Waals surface area contributed by atoms with Gasteiger partial charge in [-0.2, -0.15) is 0 Å². The largest absolute Gasteiger partial charge is 0.394 e. The van der Waals surface area contributed by atoms with Crippen molar-refractivity contribution < 1.29 is 9.63 Å². The molecular weight excluding hydrogens is 180 g/mol. The number of aliphatic hydroxyl groups excluding tert-OH is 1. The van der Waals surface area contributed by atoms with E-state index in [1.54, 1.807) is 12.5 Å². The lowest BCUT2D eigenvalue weighted by Gasteiger charge is -2.30. The quantitative estimate of drug-likeness (QED) is 0.723. The summed E-state index contributed by atoms with van der Waals surface area (Å²) in [5, 5.41) is 16.3. The van der Waals surface area contributed by atoms with E-state index in [9.17, 15) is 5.11 Å². The van der Waals surface area contributed by atoms with Gasteiger partial charge in [-0.15, -0.1) is 0 Å². The molecule has 0 aliphatic carbocycles. The van der Waals surface area contributed by atoms with Gasteiger partial charge >= 0.3 is 0 Å². The van der Waals surface area contributed by atoms with Crippen molar-refractivity contribution in [1.29, 1.82) is 0 Å². The molecule has 0 aliphatic rings. The van der Waals surface area contributed by atoms with Gasteiger partial charge in [0.05, 0.1) is 12.8 Å². The number of hydrogen-bond acceptors (Lipinski definition) is 4. The molecule has 0 saturated heterocycles. The zero-order valence-corrected chi connectivity index (χ0v) is 8.79. The molecule has 0 spiro atoms. The average Bonchev–Trinajstić information content (AvgIpc) is 2.74. The molecule has 0 aliphatic heterocycles. The summed E-state index contributed by atoms with van der Waals surface area (Å²) in [6.45, 7) is 4.98. The fraction of sp³-hybridized carbons (Fsp3) is 0.700. The standard InChI is InChI=1S/C10H18N2O2/c1-3-10(4-2,8-13)11-5-9-6-12-14-7-9/h6-7,11,13H,3-5,8H2,1-2H3. The molecule has 0 aromatic carbocycles. The highest BCUT2D eigenvalue weighted by molar-refractivity contribution is 5.01. The van der Waals surface area contributed by atoms with Gasteiger partial charge in [-0.1, -0.05) is 19.0 Å². The van der Waals surface area contributed by atoms with Crippen molar-refractivity contribution in [1.82, 2.24) is 10.5 Å². The number of nitrogens with one attached hydrogen (secondary N) is 1. The van der Waals surface area contributed by atoms with Crippen LogP contribution in [-0.4, -0.2) is 22.4 Å². The Kier molecular flexibility index (Phi) is 4.10. The van der Waals surface area contributed by atoms with E-state index >= 15 is 0 Å². The minimum Gasteiger partial charge on any atom is -0.394 e. The Balaban J connectivity index is 2.48. The lowest BCUT2D eigenvalue weighted by molar-refractivity contribution is 0.149. The van der Waals surface area contributed by atoms with Crippen LogP contribution in [0.4, 0.5) is 0 Å². The van der Waals surface area contributed by atoms with Crippen LogP contribution in [0.1, 0.15) is 32.3 Å². The van der Waals surface area contributed by atoms with Crippen molar-refractivity contribution in [2.24, 2.45) is 0 Å². The van der Waals surface area contributed by atoms with Gasteiger partial charge < -0.3 is 14.9 Å². The molecular formula is C10H18N2O2. The summed E-state index contributed by atoms with van der Waals surface area (Å²) in [5.74, 6) is 0. The molecule has 0 radical (unpaired) electrons. The fourth-order valence-electron chi connectivity index (χ4n) is 1.38. The minimum absolute atomic E-state index is 0.158. The SMILES string of the molecule is CCC(CC)(CO)NCc1cnoc1. The molecule has 1 rings (SSSR count). The number of nitrogens with zero attached hydrogens (tertiary/aromatic N) is 1. The molecule has 0 fully saturated rings. The molecule has 4 heteroatoms. The van der Waals surface area contributed by atoms with Gasteiger partial charge in [-0.25, -0.2) is 0 Å². The van der Waals surface area contributed by atoms with E-state index < -0.39 is 0 Å². The van der Waals surface area contributed by atoms with Crippen molar-refractivity contribution in [3.05, 3.63) is 18.0 Å². The van der Waals surface area contributed by atoms with Gasteiger partial charge in [0.25, 0.3) is 0 Å². The first-order valence-corrected chi connectivity index (χ1v) is 5.00. The van der Waals surface area contributed by atoms with Crippen LogP contribution in [0.2, 0.25) is 0 Å². The molecule has 2 N–H and O–H groups in total. The fourth-order valence-corrected chi connectivity index (χ4v) is 1.38. The van der Waals surface area contributed by atoms with Gasteiger partial charge in [-0.05, 0) is 12.8 Å². The molecule has 1 aromatic heterocycles. The summed E-state index contributed by atoms with van der Waals surface area (Å²) in [5.41, 5.74) is 0.835. The highest BCUT2D eigenvalue weighted by Gasteiger charge is 2.24. The summed E-state index contributed by atoms with van der Waals surface area (Å²) in [4.78, 5) is 0. The molecule has 0 unspecified atom stereocenters. The Morgan fingerprint density at radius 1 is 1.50 bits per heavy atom. The van der Waals surface area contributed by atoms with Crippen molar-refractivity contribution in [3.63, 3.8) is 0 Å². The van der Waals surface area contributed by atoms with E-state index in [2.05, 4.69) is 24.3 Å². The van der Waals surface area contributed by atoms with E-state index in [4.69, 9.17) is 4.52 Å². The second-order valence-corrected chi connectivity index (χ2v) is 3.53. The molecule has 14 heavy (non-hydrogen) atoms. The minimum atomic E-state index is -0.169. The van der Waals surface area contributed by atoms with E-state index in [1.807, 2.05) is 0 Å². The highest BCUT2D eigenvalue weighted by atomic mass is 16.5. The lowest BCUT2D eigenvalue weighted by Crippen LogP contribution is -2.46. The number of aromatic nitrogens is 1. The number of aliphatic hydroxyl groups is 1. The van der Waals surface area contributed by atoms with E-state index in [1.165, 1.54) is 0 Å². The second kappa shape index (κ2) is 5.12. The molecule has 1 aromatic rings. The third-order valence-corrected chi connectivity index (χ3v) is 2.81. The average molecular weight is 198 g/mol. The first-order valence-electron chi connectivity index (χ1n) is 5.00. The summed E-state index contributed by atoms with van der Waals surface area (Å²) < 4.78 is 4.73. The van der Waals surface area contributed by atoms with Crippen LogP contribution in [0.3, 0.4) is 0 Å². The highest BCUT2D eigenvalue weighted by Crippen LogP contribution is 2.14. The molecule has 80 valence electrons. The first kappa shape index (κ1) is 11.2. The van der Waals surface area contributed by atoms with Crippen LogP contribution in [0.5, 0.6) is 0 Å². The predicted octanol–water partition coefficient (Wildman–Crippen LogP) is 1.32. The van der Waals surface area contributed by atoms with Gasteiger partial charge in [0, 0.05) is 17.6 Å². The van der Waals surface area contributed by atoms with Gasteiger partial charge in [0.1, 0.15) is 6.26 Å². The van der Waals surface area contributed by atoms with Crippen LogP contribution in [0, 0.1) is 0 Å². The van der Waals surface area contributed by atoms with E-state index in [0.717, 1.165) is 18.4 Å². The topological polar surface area (TPSA) is 58.3 Å². The van der Waals surface area contributed by atoms with Crippen molar-refractivity contribution in [3.8, 4) is 0 Å². The number of hydrogen-bond donors (Lipinski definition) is 2. The third kappa shape index (κ3) is 2.56. The Hall–Kier alpha value is -0.870. The van der Waals surface area contributed by atoms with Crippen molar-refractivity contribution in [2.45, 2.75) is 38.8 Å². The Morgan fingerprint density at radius 3 is 2.64 bits per heavy atom. The Labute approximate surface area is 84.3 Å². The maximum atomic E-state index is 9.30. The number of rotatable bonds is 6. The lowest BCUT2D eigenvalue weighted by atomic mass is 9.94. The van der Waals surface area contributed by atoms with Crippen LogP contribution < -0.4 is 5.32 Å². The molecule has 1 heterocycles. The molecule has 0 saturated carbocycles. The second-order valence-electron chi connectivity index (χ2n) is 3.53. The maximum absolute atomic E-state index is 9.30. The monoisotopic (exact) mass is 198 g/mol. The summed E-state index contributed by atoms with van der Waals surface area (Å²) in [6, 6.07) is 0. The van der Waals surface area contributed by atoms with Crippen LogP contribution in [-0.2, 0) is 6.54 Å². The van der Waals surface area contributed by atoms with Crippen LogP contribution >= 0.6 is 0 Å². The molecule has 4 nitrogen and oxygen atoms in total. The normalized spacial score (nSPS) is 11.9. The Bertz CT molecular complexity index is 234. The van der Waals surface area contributed by atoms with Gasteiger partial charge in [-0.3, -0.25) is 0 Å². The molecule has 0 amide bonds. The first-order chi connectivity index (χ1) is 6.76. The van der Waals surface area contributed by atoms with Crippen LogP contribution in [0.25, 0.3) is 0 Å². The van der Waals surface area contributed by atoms with Gasteiger partial charge in [0.15, 0.2) is 0 Å². The van der Waals surface area contributed by atoms with E-state index in [0.29, 0.717) is 6.54 Å². The zero-order valence-electron chi connectivity index (χ0n) is 8.79. The smallest absolute Gasteiger partial charge is 0.128 e. The van der Waals surface area contributed by atoms with Crippen molar-refractivity contribution in [2.75, 3.05) is 6.61 Å². The maximum Gasteiger partial charge on any atom is 0.128 e. The van der Waals surface area contributed by atoms with Gasteiger partial charge in [0.2, 0.25) is 0 Å².